The van der Waals surface area contributed by atoms with E-state index in [0.29, 0.717) is 43.7 Å². The van der Waals surface area contributed by atoms with E-state index in [2.05, 4.69) is 10.1 Å². The summed E-state index contributed by atoms with van der Waals surface area (Å²) < 4.78 is 55.4. The molecule has 2 saturated heterocycles. The monoisotopic (exact) mass is 493 g/mol. The van der Waals surface area contributed by atoms with Crippen LogP contribution in [-0.4, -0.2) is 57.1 Å². The normalized spacial score (nSPS) is 19.8. The molecule has 11 heteroatoms. The molecule has 2 heterocycles. The Labute approximate surface area is 196 Å². The quantitative estimate of drug-likeness (QED) is 0.666. The van der Waals surface area contributed by atoms with Crippen molar-refractivity contribution in [2.75, 3.05) is 35.0 Å². The van der Waals surface area contributed by atoms with Crippen LogP contribution < -0.4 is 14.4 Å². The fourth-order valence-corrected chi connectivity index (χ4v) is 5.84. The Hall–Kier alpha value is -3.21. The van der Waals surface area contributed by atoms with Crippen molar-refractivity contribution in [3.8, 4) is 5.75 Å². The van der Waals surface area contributed by atoms with Gasteiger partial charge in [0.25, 0.3) is 5.91 Å². The van der Waals surface area contributed by atoms with Crippen LogP contribution in [0.3, 0.4) is 0 Å². The number of carbonyl (C=O) groups is 2. The summed E-state index contributed by atoms with van der Waals surface area (Å²) in [7, 11) is -3.28. The van der Waals surface area contributed by atoms with Crippen molar-refractivity contribution in [3.63, 3.8) is 0 Å². The third kappa shape index (κ3) is 5.30. The first-order valence-electron chi connectivity index (χ1n) is 11.0. The molecule has 2 aliphatic heterocycles. The predicted molar refractivity (Wildman–Crippen MR) is 123 cm³/mol. The minimum absolute atomic E-state index is 0.0244. The van der Waals surface area contributed by atoms with Gasteiger partial charge in [-0.25, -0.2) is 8.42 Å². The van der Waals surface area contributed by atoms with Crippen molar-refractivity contribution in [2.45, 2.75) is 25.9 Å². The van der Waals surface area contributed by atoms with Gasteiger partial charge in [0, 0.05) is 25.3 Å². The van der Waals surface area contributed by atoms with E-state index >= 15 is 0 Å². The van der Waals surface area contributed by atoms with Crippen LogP contribution in [0.4, 0.5) is 20.2 Å². The third-order valence-corrected chi connectivity index (χ3v) is 7.80. The number of nitrogens with zero attached hydrogens (tertiary/aromatic N) is 2. The standard InChI is InChI=1S/C23H25F2N3O5S/c24-23(25)33-20-7-2-1-6-19(20)22(30)27-12-3-5-16(15-27)21(29)26-17-8-10-18(11-9-17)28-13-4-14-34(28,31)32/h1-2,6-11,16,23H,3-5,12-15H2,(H,26,29). The van der Waals surface area contributed by atoms with Gasteiger partial charge < -0.3 is 15.0 Å². The van der Waals surface area contributed by atoms with Gasteiger partial charge in [-0.2, -0.15) is 8.78 Å². The number of para-hydroxylation sites is 1. The number of ether oxygens (including phenoxy) is 1. The van der Waals surface area contributed by atoms with E-state index in [1.807, 2.05) is 0 Å². The maximum Gasteiger partial charge on any atom is 0.387 e. The SMILES string of the molecule is O=C(Nc1ccc(N2CCCS2(=O)=O)cc1)C1CCCN(C(=O)c2ccccc2OC(F)F)C1. The lowest BCUT2D eigenvalue weighted by Gasteiger charge is -2.32. The van der Waals surface area contributed by atoms with Gasteiger partial charge in [0.15, 0.2) is 0 Å². The summed E-state index contributed by atoms with van der Waals surface area (Å²) in [4.78, 5) is 27.3. The van der Waals surface area contributed by atoms with E-state index in [1.54, 1.807) is 30.3 Å². The van der Waals surface area contributed by atoms with Gasteiger partial charge in [0.2, 0.25) is 15.9 Å². The average Bonchev–Trinajstić information content (AvgIpc) is 3.18. The van der Waals surface area contributed by atoms with E-state index in [4.69, 9.17) is 0 Å². The molecule has 1 unspecified atom stereocenters. The second-order valence-electron chi connectivity index (χ2n) is 8.24. The summed E-state index contributed by atoms with van der Waals surface area (Å²) in [5.41, 5.74) is 1.09. The topological polar surface area (TPSA) is 96.0 Å². The maximum absolute atomic E-state index is 13.0. The first-order chi connectivity index (χ1) is 16.2. The van der Waals surface area contributed by atoms with Crippen molar-refractivity contribution >= 4 is 33.2 Å². The lowest BCUT2D eigenvalue weighted by molar-refractivity contribution is -0.121. The zero-order chi connectivity index (χ0) is 24.3. The van der Waals surface area contributed by atoms with E-state index in [-0.39, 0.29) is 29.5 Å². The van der Waals surface area contributed by atoms with Crippen LogP contribution in [0.5, 0.6) is 5.75 Å². The smallest absolute Gasteiger partial charge is 0.387 e. The Morgan fingerprint density at radius 2 is 1.76 bits per heavy atom. The Bertz CT molecular complexity index is 1160. The highest BCUT2D eigenvalue weighted by Gasteiger charge is 2.31. The van der Waals surface area contributed by atoms with Gasteiger partial charge in [-0.3, -0.25) is 13.9 Å². The van der Waals surface area contributed by atoms with E-state index < -0.39 is 28.5 Å². The van der Waals surface area contributed by atoms with Crippen molar-refractivity contribution in [2.24, 2.45) is 5.92 Å². The molecule has 2 aliphatic rings. The number of benzene rings is 2. The van der Waals surface area contributed by atoms with Crippen LogP contribution in [0.25, 0.3) is 0 Å². The van der Waals surface area contributed by atoms with Crippen molar-refractivity contribution < 1.29 is 31.5 Å². The van der Waals surface area contributed by atoms with Gasteiger partial charge >= 0.3 is 6.61 Å². The summed E-state index contributed by atoms with van der Waals surface area (Å²) >= 11 is 0. The zero-order valence-corrected chi connectivity index (χ0v) is 19.1. The zero-order valence-electron chi connectivity index (χ0n) is 18.3. The third-order valence-electron chi connectivity index (χ3n) is 5.94. The molecule has 0 saturated carbocycles. The lowest BCUT2D eigenvalue weighted by Crippen LogP contribution is -2.43. The van der Waals surface area contributed by atoms with Crippen LogP contribution in [0, 0.1) is 5.92 Å². The molecule has 4 rings (SSSR count). The van der Waals surface area contributed by atoms with Crippen LogP contribution in [-0.2, 0) is 14.8 Å². The number of hydrogen-bond acceptors (Lipinski definition) is 5. The van der Waals surface area contributed by atoms with E-state index in [1.165, 1.54) is 27.4 Å². The van der Waals surface area contributed by atoms with E-state index in [0.717, 1.165) is 0 Å². The molecule has 0 spiro atoms. The fourth-order valence-electron chi connectivity index (χ4n) is 4.27. The van der Waals surface area contributed by atoms with Crippen molar-refractivity contribution in [3.05, 3.63) is 54.1 Å². The Morgan fingerprint density at radius 3 is 2.44 bits per heavy atom. The molecular weight excluding hydrogens is 468 g/mol. The lowest BCUT2D eigenvalue weighted by atomic mass is 9.96. The first kappa shape index (κ1) is 23.9. The summed E-state index contributed by atoms with van der Waals surface area (Å²) in [6.07, 6.45) is 1.75. The summed E-state index contributed by atoms with van der Waals surface area (Å²) in [6, 6.07) is 12.4. The molecular formula is C23H25F2N3O5S. The average molecular weight is 494 g/mol. The fraction of sp³-hybridized carbons (Fsp3) is 0.391. The summed E-state index contributed by atoms with van der Waals surface area (Å²) in [5.74, 6) is -1.28. The highest BCUT2D eigenvalue weighted by molar-refractivity contribution is 7.93. The van der Waals surface area contributed by atoms with Crippen molar-refractivity contribution in [1.29, 1.82) is 0 Å². The first-order valence-corrected chi connectivity index (χ1v) is 12.6. The molecule has 1 N–H and O–H groups in total. The number of carbonyl (C=O) groups excluding carboxylic acids is 2. The molecule has 0 aliphatic carbocycles. The second kappa shape index (κ2) is 9.96. The second-order valence-corrected chi connectivity index (χ2v) is 10.3. The number of nitrogens with one attached hydrogen (secondary N) is 1. The number of rotatable bonds is 6. The molecule has 2 aromatic carbocycles. The Morgan fingerprint density at radius 1 is 1.03 bits per heavy atom. The van der Waals surface area contributed by atoms with Gasteiger partial charge in [0.05, 0.1) is 22.9 Å². The minimum atomic E-state index is -3.28. The van der Waals surface area contributed by atoms with Gasteiger partial charge in [0.1, 0.15) is 5.75 Å². The highest BCUT2D eigenvalue weighted by Crippen LogP contribution is 2.27. The molecule has 0 bridgehead atoms. The molecule has 182 valence electrons. The highest BCUT2D eigenvalue weighted by atomic mass is 32.2. The van der Waals surface area contributed by atoms with Crippen molar-refractivity contribution in [1.82, 2.24) is 4.90 Å². The number of halogens is 2. The number of alkyl halides is 2. The van der Waals surface area contributed by atoms with Gasteiger partial charge in [-0.1, -0.05) is 12.1 Å². The molecule has 34 heavy (non-hydrogen) atoms. The Balaban J connectivity index is 1.40. The van der Waals surface area contributed by atoms with Crippen LogP contribution in [0.15, 0.2) is 48.5 Å². The number of piperidine rings is 1. The molecule has 1 atom stereocenters. The van der Waals surface area contributed by atoms with Gasteiger partial charge in [-0.15, -0.1) is 0 Å². The minimum Gasteiger partial charge on any atom is -0.434 e. The molecule has 8 nitrogen and oxygen atoms in total. The van der Waals surface area contributed by atoms with Crippen LogP contribution >= 0.6 is 0 Å². The number of sulfonamides is 1. The van der Waals surface area contributed by atoms with Crippen LogP contribution in [0.1, 0.15) is 29.6 Å². The Kier molecular flexibility index (Phi) is 7.01. The number of likely N-dealkylation sites (tertiary alicyclic amines) is 1. The molecule has 2 amide bonds. The predicted octanol–water partition coefficient (Wildman–Crippen LogP) is 3.32. The molecule has 0 radical (unpaired) electrons. The number of amides is 2. The summed E-state index contributed by atoms with van der Waals surface area (Å²) in [6.45, 7) is -2.06. The van der Waals surface area contributed by atoms with Gasteiger partial charge in [-0.05, 0) is 55.7 Å². The summed E-state index contributed by atoms with van der Waals surface area (Å²) in [5, 5.41) is 2.82. The number of hydrogen-bond donors (Lipinski definition) is 1. The van der Waals surface area contributed by atoms with Crippen LogP contribution in [0.2, 0.25) is 0 Å². The van der Waals surface area contributed by atoms with E-state index in [9.17, 15) is 26.8 Å². The molecule has 2 aromatic rings. The number of anilines is 2. The molecule has 2 fully saturated rings. The largest absolute Gasteiger partial charge is 0.434 e. The maximum atomic E-state index is 13.0. The molecule has 0 aromatic heterocycles.